The molecule has 4 atom stereocenters. The SMILES string of the molecule is CNC[C@@H]1OCCCC[C@@H](C)Oc2ccc(NS(=O)(=O)c3cccs3)cc2C(=O)N([C@@H](C)CO)C[C@H]1C. The molecule has 206 valence electrons. The van der Waals surface area contributed by atoms with E-state index in [0.29, 0.717) is 25.4 Å². The number of ether oxygens (including phenoxy) is 2. The molecule has 1 aromatic heterocycles. The molecule has 0 saturated carbocycles. The molecule has 1 aromatic carbocycles. The highest BCUT2D eigenvalue weighted by atomic mass is 32.2. The fourth-order valence-electron chi connectivity index (χ4n) is 4.30. The second-order valence-corrected chi connectivity index (χ2v) is 12.5. The van der Waals surface area contributed by atoms with Crippen molar-refractivity contribution in [3.8, 4) is 5.75 Å². The van der Waals surface area contributed by atoms with Crippen LogP contribution in [0.3, 0.4) is 0 Å². The third-order valence-corrected chi connectivity index (χ3v) is 9.25. The van der Waals surface area contributed by atoms with E-state index in [1.54, 1.807) is 35.4 Å². The minimum atomic E-state index is -3.79. The molecule has 9 nitrogen and oxygen atoms in total. The number of thiophene rings is 1. The Morgan fingerprint density at radius 3 is 2.70 bits per heavy atom. The average Bonchev–Trinajstić information content (AvgIpc) is 3.42. The number of hydrogen-bond acceptors (Lipinski definition) is 8. The number of nitrogens with zero attached hydrogens (tertiary/aromatic N) is 1. The standard InChI is InChI=1S/C26H39N3O6S2/c1-18-16-29(19(2)17-30)26(31)22-14-21(28-37(32,33)25-9-7-13-36-25)10-11-23(22)35-20(3)8-5-6-12-34-24(18)15-27-4/h7,9-11,13-14,18-20,24,27-28,30H,5-6,8,12,15-17H2,1-4H3/t18-,19+,20-,24+/m1/s1. The number of rotatable bonds is 7. The van der Waals surface area contributed by atoms with Crippen LogP contribution < -0.4 is 14.8 Å². The summed E-state index contributed by atoms with van der Waals surface area (Å²) in [6.07, 6.45) is 2.33. The highest BCUT2D eigenvalue weighted by Crippen LogP contribution is 2.30. The Balaban J connectivity index is 2.01. The minimum absolute atomic E-state index is 0.0165. The summed E-state index contributed by atoms with van der Waals surface area (Å²) in [6.45, 7) is 7.17. The van der Waals surface area contributed by atoms with Crippen molar-refractivity contribution >= 4 is 33.0 Å². The van der Waals surface area contributed by atoms with Crippen LogP contribution in [0.5, 0.6) is 5.75 Å². The predicted octanol–water partition coefficient (Wildman–Crippen LogP) is 3.56. The summed E-state index contributed by atoms with van der Waals surface area (Å²) in [5.74, 6) is 0.0321. The molecule has 0 saturated heterocycles. The van der Waals surface area contributed by atoms with Crippen LogP contribution in [0.25, 0.3) is 0 Å². The fraction of sp³-hybridized carbons (Fsp3) is 0.577. The zero-order valence-electron chi connectivity index (χ0n) is 22.0. The van der Waals surface area contributed by atoms with Crippen LogP contribution in [-0.2, 0) is 14.8 Å². The first-order valence-corrected chi connectivity index (χ1v) is 15.1. The van der Waals surface area contributed by atoms with E-state index >= 15 is 0 Å². The van der Waals surface area contributed by atoms with Gasteiger partial charge in [0.2, 0.25) is 0 Å². The van der Waals surface area contributed by atoms with E-state index < -0.39 is 16.1 Å². The molecular weight excluding hydrogens is 514 g/mol. The van der Waals surface area contributed by atoms with Gasteiger partial charge in [-0.15, -0.1) is 11.3 Å². The molecule has 0 spiro atoms. The van der Waals surface area contributed by atoms with Crippen molar-refractivity contribution in [2.75, 3.05) is 38.1 Å². The van der Waals surface area contributed by atoms with Crippen molar-refractivity contribution < 1.29 is 27.8 Å². The Kier molecular flexibility index (Phi) is 10.8. The van der Waals surface area contributed by atoms with Crippen LogP contribution in [0.2, 0.25) is 0 Å². The minimum Gasteiger partial charge on any atom is -0.490 e. The summed E-state index contributed by atoms with van der Waals surface area (Å²) < 4.78 is 40.8. The van der Waals surface area contributed by atoms with Crippen molar-refractivity contribution in [2.24, 2.45) is 5.92 Å². The molecule has 1 aliphatic heterocycles. The number of anilines is 1. The summed E-state index contributed by atoms with van der Waals surface area (Å²) in [7, 11) is -1.92. The fourth-order valence-corrected chi connectivity index (χ4v) is 6.34. The van der Waals surface area contributed by atoms with Crippen LogP contribution >= 0.6 is 11.3 Å². The number of fused-ring (bicyclic) bond motifs is 1. The van der Waals surface area contributed by atoms with E-state index in [-0.39, 0.29) is 46.1 Å². The molecule has 11 heteroatoms. The van der Waals surface area contributed by atoms with Gasteiger partial charge in [0.25, 0.3) is 15.9 Å². The van der Waals surface area contributed by atoms with Gasteiger partial charge in [-0.05, 0) is 69.8 Å². The Hall–Kier alpha value is -2.18. The molecule has 0 bridgehead atoms. The van der Waals surface area contributed by atoms with Crippen LogP contribution in [-0.4, -0.2) is 75.9 Å². The molecule has 0 radical (unpaired) electrons. The third-order valence-electron chi connectivity index (χ3n) is 6.47. The molecule has 0 unspecified atom stereocenters. The van der Waals surface area contributed by atoms with Gasteiger partial charge in [0, 0.05) is 31.3 Å². The molecule has 2 aromatic rings. The van der Waals surface area contributed by atoms with E-state index in [9.17, 15) is 18.3 Å². The first-order chi connectivity index (χ1) is 17.7. The number of sulfonamides is 1. The topological polar surface area (TPSA) is 117 Å². The number of likely N-dealkylation sites (N-methyl/N-ethyl adjacent to an activating group) is 1. The largest absolute Gasteiger partial charge is 0.490 e. The third kappa shape index (κ3) is 7.90. The lowest BCUT2D eigenvalue weighted by Crippen LogP contribution is -2.47. The van der Waals surface area contributed by atoms with Gasteiger partial charge in [0.1, 0.15) is 9.96 Å². The molecule has 3 N–H and O–H groups in total. The van der Waals surface area contributed by atoms with E-state index in [0.717, 1.165) is 30.6 Å². The zero-order valence-corrected chi connectivity index (χ0v) is 23.6. The summed E-state index contributed by atoms with van der Waals surface area (Å²) in [6, 6.07) is 7.49. The van der Waals surface area contributed by atoms with E-state index in [2.05, 4.69) is 10.0 Å². The van der Waals surface area contributed by atoms with Gasteiger partial charge in [-0.2, -0.15) is 0 Å². The highest BCUT2D eigenvalue weighted by molar-refractivity contribution is 7.94. The van der Waals surface area contributed by atoms with Crippen LogP contribution in [0.15, 0.2) is 39.9 Å². The van der Waals surface area contributed by atoms with Crippen LogP contribution in [0, 0.1) is 5.92 Å². The van der Waals surface area contributed by atoms with Gasteiger partial charge in [-0.1, -0.05) is 13.0 Å². The lowest BCUT2D eigenvalue weighted by atomic mass is 10.0. The second-order valence-electron chi connectivity index (χ2n) is 9.61. The second kappa shape index (κ2) is 13.6. The monoisotopic (exact) mass is 553 g/mol. The lowest BCUT2D eigenvalue weighted by Gasteiger charge is -2.34. The zero-order chi connectivity index (χ0) is 27.0. The van der Waals surface area contributed by atoms with E-state index in [1.165, 1.54) is 12.1 Å². The maximum atomic E-state index is 14.0. The molecule has 1 aliphatic rings. The van der Waals surface area contributed by atoms with E-state index in [4.69, 9.17) is 9.47 Å². The normalized spacial score (nSPS) is 23.0. The maximum Gasteiger partial charge on any atom is 0.271 e. The van der Waals surface area contributed by atoms with Crippen molar-refractivity contribution in [2.45, 2.75) is 62.5 Å². The Morgan fingerprint density at radius 1 is 1.24 bits per heavy atom. The van der Waals surface area contributed by atoms with Crippen LogP contribution in [0.4, 0.5) is 5.69 Å². The molecular formula is C26H39N3O6S2. The Bertz CT molecular complexity index is 1110. The van der Waals surface area contributed by atoms with Gasteiger partial charge in [-0.3, -0.25) is 9.52 Å². The highest BCUT2D eigenvalue weighted by Gasteiger charge is 2.30. The Labute approximate surface area is 224 Å². The van der Waals surface area contributed by atoms with Crippen LogP contribution in [0.1, 0.15) is 50.4 Å². The molecule has 2 heterocycles. The van der Waals surface area contributed by atoms with Gasteiger partial charge < -0.3 is 24.8 Å². The van der Waals surface area contributed by atoms with Gasteiger partial charge >= 0.3 is 0 Å². The number of carbonyl (C=O) groups excluding carboxylic acids is 1. The number of amides is 1. The molecule has 0 fully saturated rings. The summed E-state index contributed by atoms with van der Waals surface area (Å²) in [4.78, 5) is 15.6. The van der Waals surface area contributed by atoms with Gasteiger partial charge in [0.05, 0.1) is 30.4 Å². The molecule has 0 aliphatic carbocycles. The number of aliphatic hydroxyl groups is 1. The molecule has 37 heavy (non-hydrogen) atoms. The quantitative estimate of drug-likeness (QED) is 0.480. The molecule has 1 amide bonds. The number of carbonyl (C=O) groups is 1. The van der Waals surface area contributed by atoms with Crippen molar-refractivity contribution in [1.82, 2.24) is 10.2 Å². The Morgan fingerprint density at radius 2 is 2.03 bits per heavy atom. The summed E-state index contributed by atoms with van der Waals surface area (Å²) in [5.41, 5.74) is 0.507. The number of benzene rings is 1. The first-order valence-electron chi connectivity index (χ1n) is 12.7. The smallest absolute Gasteiger partial charge is 0.271 e. The maximum absolute atomic E-state index is 14.0. The van der Waals surface area contributed by atoms with E-state index in [1.807, 2.05) is 20.9 Å². The lowest BCUT2D eigenvalue weighted by molar-refractivity contribution is -0.000450. The van der Waals surface area contributed by atoms with Gasteiger partial charge in [0.15, 0.2) is 0 Å². The summed E-state index contributed by atoms with van der Waals surface area (Å²) in [5, 5.41) is 14.8. The van der Waals surface area contributed by atoms with Crippen molar-refractivity contribution in [1.29, 1.82) is 0 Å². The van der Waals surface area contributed by atoms with Crippen molar-refractivity contribution in [3.63, 3.8) is 0 Å². The molecule has 3 rings (SSSR count). The number of hydrogen-bond donors (Lipinski definition) is 3. The number of nitrogens with one attached hydrogen (secondary N) is 2. The van der Waals surface area contributed by atoms with Crippen molar-refractivity contribution in [3.05, 3.63) is 41.3 Å². The number of aliphatic hydroxyl groups excluding tert-OH is 1. The van der Waals surface area contributed by atoms with Gasteiger partial charge in [-0.25, -0.2) is 8.42 Å². The average molecular weight is 554 g/mol. The predicted molar refractivity (Wildman–Crippen MR) is 146 cm³/mol. The first kappa shape index (κ1) is 29.4. The summed E-state index contributed by atoms with van der Waals surface area (Å²) >= 11 is 1.11.